The van der Waals surface area contributed by atoms with Crippen molar-refractivity contribution in [3.05, 3.63) is 65.2 Å². The quantitative estimate of drug-likeness (QED) is 0.317. The fraction of sp³-hybridized carbons (Fsp3) is 0.364. The van der Waals surface area contributed by atoms with Crippen LogP contribution >= 0.6 is 24.0 Å². The Labute approximate surface area is 189 Å². The van der Waals surface area contributed by atoms with Crippen molar-refractivity contribution in [2.24, 2.45) is 4.99 Å². The average molecular weight is 508 g/mol. The number of amides is 1. The molecule has 2 aromatic carbocycles. The van der Waals surface area contributed by atoms with Gasteiger partial charge >= 0.3 is 0 Å². The molecule has 1 saturated heterocycles. The second kappa shape index (κ2) is 11.8. The fourth-order valence-electron chi connectivity index (χ4n) is 3.06. The molecule has 1 atom stereocenters. The maximum Gasteiger partial charge on any atom is 0.253 e. The molecule has 1 aliphatic rings. The summed E-state index contributed by atoms with van der Waals surface area (Å²) in [6, 6.07) is 16.2. The van der Waals surface area contributed by atoms with E-state index in [-0.39, 0.29) is 36.0 Å². The van der Waals surface area contributed by atoms with Gasteiger partial charge in [-0.05, 0) is 43.0 Å². The van der Waals surface area contributed by atoms with Gasteiger partial charge in [-0.25, -0.2) is 0 Å². The van der Waals surface area contributed by atoms with Crippen LogP contribution in [0.5, 0.6) is 0 Å². The number of carbonyl (C=O) groups excluding carboxylic acids is 1. The summed E-state index contributed by atoms with van der Waals surface area (Å²) < 4.78 is 5.43. The summed E-state index contributed by atoms with van der Waals surface area (Å²) in [4.78, 5) is 16.5. The van der Waals surface area contributed by atoms with Crippen molar-refractivity contribution in [1.82, 2.24) is 10.6 Å². The van der Waals surface area contributed by atoms with Gasteiger partial charge in [-0.2, -0.15) is 0 Å². The minimum atomic E-state index is -0.327. The number of aryl methyl sites for hydroxylation is 1. The Morgan fingerprint density at radius 1 is 1.10 bits per heavy atom. The highest BCUT2D eigenvalue weighted by molar-refractivity contribution is 14.0. The number of rotatable bonds is 6. The highest BCUT2D eigenvalue weighted by Crippen LogP contribution is 2.16. The van der Waals surface area contributed by atoms with Gasteiger partial charge in [-0.15, -0.1) is 24.0 Å². The molecule has 0 aromatic heterocycles. The molecule has 0 aliphatic carbocycles. The molecule has 1 amide bonds. The monoisotopic (exact) mass is 508 g/mol. The first kappa shape index (κ1) is 23.2. The number of guanidine groups is 1. The Hall–Kier alpha value is -2.13. The molecule has 6 nitrogen and oxygen atoms in total. The lowest BCUT2D eigenvalue weighted by Crippen LogP contribution is -2.36. The number of anilines is 1. The molecular weight excluding hydrogens is 479 g/mol. The van der Waals surface area contributed by atoms with Gasteiger partial charge in [0, 0.05) is 32.4 Å². The number of hydrogen-bond donors (Lipinski definition) is 3. The molecule has 156 valence electrons. The molecule has 1 heterocycles. The minimum Gasteiger partial charge on any atom is -0.368 e. The van der Waals surface area contributed by atoms with Gasteiger partial charge in [-0.1, -0.05) is 42.0 Å². The summed E-state index contributed by atoms with van der Waals surface area (Å²) in [6.45, 7) is 4.06. The zero-order valence-electron chi connectivity index (χ0n) is 16.9. The van der Waals surface area contributed by atoms with E-state index in [1.54, 1.807) is 7.05 Å². The molecule has 0 saturated carbocycles. The molecule has 0 bridgehead atoms. The van der Waals surface area contributed by atoms with Crippen LogP contribution in [0.15, 0.2) is 53.5 Å². The number of aliphatic imine (C=N–C) groups is 1. The Kier molecular flexibility index (Phi) is 9.40. The zero-order chi connectivity index (χ0) is 19.8. The lowest BCUT2D eigenvalue weighted by Gasteiger charge is -2.14. The van der Waals surface area contributed by atoms with Gasteiger partial charge in [-0.3, -0.25) is 9.79 Å². The van der Waals surface area contributed by atoms with E-state index in [0.29, 0.717) is 19.7 Å². The normalized spacial score (nSPS) is 16.1. The van der Waals surface area contributed by atoms with Crippen LogP contribution in [0.4, 0.5) is 5.69 Å². The summed E-state index contributed by atoms with van der Waals surface area (Å²) >= 11 is 0. The second-order valence-corrected chi connectivity index (χ2v) is 6.96. The highest BCUT2D eigenvalue weighted by atomic mass is 127. The number of benzene rings is 2. The van der Waals surface area contributed by atoms with Gasteiger partial charge in [0.2, 0.25) is 0 Å². The van der Waals surface area contributed by atoms with Gasteiger partial charge < -0.3 is 20.7 Å². The smallest absolute Gasteiger partial charge is 0.253 e. The van der Waals surface area contributed by atoms with Gasteiger partial charge in [0.25, 0.3) is 5.91 Å². The highest BCUT2D eigenvalue weighted by Gasteiger charge is 2.23. The van der Waals surface area contributed by atoms with Crippen molar-refractivity contribution in [3.8, 4) is 0 Å². The van der Waals surface area contributed by atoms with Crippen LogP contribution in [0.3, 0.4) is 0 Å². The van der Waals surface area contributed by atoms with E-state index in [1.165, 1.54) is 11.1 Å². The number of carbonyl (C=O) groups is 1. The van der Waals surface area contributed by atoms with E-state index in [1.807, 2.05) is 24.3 Å². The van der Waals surface area contributed by atoms with Gasteiger partial charge in [0.1, 0.15) is 6.10 Å². The predicted molar refractivity (Wildman–Crippen MR) is 128 cm³/mol. The molecule has 2 aromatic rings. The fourth-order valence-corrected chi connectivity index (χ4v) is 3.06. The molecule has 0 radical (unpaired) electrons. The Morgan fingerprint density at radius 2 is 1.83 bits per heavy atom. The van der Waals surface area contributed by atoms with Crippen molar-refractivity contribution >= 4 is 41.5 Å². The molecular formula is C22H29IN4O2. The average Bonchev–Trinajstić information content (AvgIpc) is 3.25. The Balaban J connectivity index is 0.00000300. The predicted octanol–water partition coefficient (Wildman–Crippen LogP) is 3.60. The molecule has 1 unspecified atom stereocenters. The lowest BCUT2D eigenvalue weighted by molar-refractivity contribution is -0.124. The van der Waals surface area contributed by atoms with Crippen molar-refractivity contribution in [3.63, 3.8) is 0 Å². The second-order valence-electron chi connectivity index (χ2n) is 6.96. The van der Waals surface area contributed by atoms with Crippen LogP contribution in [0.25, 0.3) is 0 Å². The summed E-state index contributed by atoms with van der Waals surface area (Å²) in [5.74, 6) is 0.660. The maximum absolute atomic E-state index is 12.2. The van der Waals surface area contributed by atoms with Crippen LogP contribution in [-0.4, -0.2) is 31.6 Å². The first-order valence-electron chi connectivity index (χ1n) is 9.65. The molecule has 1 aliphatic heterocycles. The summed E-state index contributed by atoms with van der Waals surface area (Å²) in [6.07, 6.45) is 1.40. The van der Waals surface area contributed by atoms with Gasteiger partial charge in [0.05, 0.1) is 0 Å². The first-order valence-corrected chi connectivity index (χ1v) is 9.65. The summed E-state index contributed by atoms with van der Waals surface area (Å²) in [5.41, 5.74) is 4.29. The van der Waals surface area contributed by atoms with E-state index in [0.717, 1.165) is 30.1 Å². The van der Waals surface area contributed by atoms with E-state index in [2.05, 4.69) is 52.1 Å². The standard InChI is InChI=1S/C22H28N4O2.HI/c1-16-8-10-17(11-9-16)14-24-22(23-2)25-15-18-5-3-6-19(13-18)26-21(27)20-7-4-12-28-20;/h3,5-6,8-11,13,20H,4,7,12,14-15H2,1-2H3,(H,26,27)(H2,23,24,25);1H. The third-order valence-corrected chi connectivity index (χ3v) is 4.68. The zero-order valence-corrected chi connectivity index (χ0v) is 19.2. The summed E-state index contributed by atoms with van der Waals surface area (Å²) in [7, 11) is 1.75. The van der Waals surface area contributed by atoms with Gasteiger partial charge in [0.15, 0.2) is 5.96 Å². The van der Waals surface area contributed by atoms with Crippen molar-refractivity contribution < 1.29 is 9.53 Å². The number of ether oxygens (including phenoxy) is 1. The van der Waals surface area contributed by atoms with E-state index in [4.69, 9.17) is 4.74 Å². The number of hydrogen-bond acceptors (Lipinski definition) is 3. The number of nitrogens with zero attached hydrogens (tertiary/aromatic N) is 1. The van der Waals surface area contributed by atoms with Crippen molar-refractivity contribution in [1.29, 1.82) is 0 Å². The third-order valence-electron chi connectivity index (χ3n) is 4.68. The van der Waals surface area contributed by atoms with Crippen molar-refractivity contribution in [2.45, 2.75) is 39.0 Å². The largest absolute Gasteiger partial charge is 0.368 e. The van der Waals surface area contributed by atoms with E-state index >= 15 is 0 Å². The Morgan fingerprint density at radius 3 is 2.48 bits per heavy atom. The third kappa shape index (κ3) is 7.32. The SMILES string of the molecule is CN=C(NCc1ccc(C)cc1)NCc1cccc(NC(=O)C2CCCO2)c1.I. The maximum atomic E-state index is 12.2. The van der Waals surface area contributed by atoms with Crippen LogP contribution in [-0.2, 0) is 22.6 Å². The molecule has 7 heteroatoms. The van der Waals surface area contributed by atoms with E-state index in [9.17, 15) is 4.79 Å². The number of halogens is 1. The first-order chi connectivity index (χ1) is 13.6. The molecule has 1 fully saturated rings. The Bertz CT molecular complexity index is 818. The number of nitrogens with one attached hydrogen (secondary N) is 3. The lowest BCUT2D eigenvalue weighted by atomic mass is 10.1. The van der Waals surface area contributed by atoms with Crippen LogP contribution in [0.2, 0.25) is 0 Å². The van der Waals surface area contributed by atoms with E-state index < -0.39 is 0 Å². The molecule has 3 rings (SSSR count). The molecule has 29 heavy (non-hydrogen) atoms. The molecule has 3 N–H and O–H groups in total. The van der Waals surface area contributed by atoms with Crippen molar-refractivity contribution in [2.75, 3.05) is 19.0 Å². The topological polar surface area (TPSA) is 74.8 Å². The van der Waals surface area contributed by atoms with Crippen LogP contribution in [0, 0.1) is 6.92 Å². The van der Waals surface area contributed by atoms with Crippen LogP contribution < -0.4 is 16.0 Å². The van der Waals surface area contributed by atoms with Crippen LogP contribution in [0.1, 0.15) is 29.5 Å². The molecule has 0 spiro atoms. The summed E-state index contributed by atoms with van der Waals surface area (Å²) in [5, 5.41) is 9.56. The minimum absolute atomic E-state index is 0.